The molecular weight excluding hydrogens is 279 g/mol. The molecule has 2 N–H and O–H groups in total. The van der Waals surface area contributed by atoms with Gasteiger partial charge in [0.15, 0.2) is 0 Å². The van der Waals surface area contributed by atoms with E-state index in [4.69, 9.17) is 27.3 Å². The summed E-state index contributed by atoms with van der Waals surface area (Å²) in [4.78, 5) is 0. The molecule has 0 heterocycles. The summed E-state index contributed by atoms with van der Waals surface area (Å²) in [5, 5.41) is 9.23. The van der Waals surface area contributed by atoms with E-state index in [1.54, 1.807) is 18.2 Å². The van der Waals surface area contributed by atoms with Crippen LogP contribution in [-0.2, 0) is 13.2 Å². The maximum atomic E-state index is 13.6. The number of nitrogens with zero attached hydrogens (tertiary/aromatic N) is 1. The molecule has 5 heteroatoms. The van der Waals surface area contributed by atoms with E-state index in [1.807, 2.05) is 6.07 Å². The lowest BCUT2D eigenvalue weighted by Crippen LogP contribution is -2.04. The van der Waals surface area contributed by atoms with Crippen LogP contribution in [0.25, 0.3) is 0 Å². The van der Waals surface area contributed by atoms with E-state index in [0.717, 1.165) is 5.56 Å². The van der Waals surface area contributed by atoms with Crippen LogP contribution in [-0.4, -0.2) is 0 Å². The highest BCUT2D eigenvalue weighted by Gasteiger charge is 2.10. The molecule has 0 saturated carbocycles. The van der Waals surface area contributed by atoms with Crippen molar-refractivity contribution in [2.75, 3.05) is 0 Å². The largest absolute Gasteiger partial charge is 0.487 e. The van der Waals surface area contributed by atoms with Crippen LogP contribution in [0.4, 0.5) is 4.39 Å². The van der Waals surface area contributed by atoms with E-state index in [2.05, 4.69) is 0 Å². The van der Waals surface area contributed by atoms with Gasteiger partial charge in [0.25, 0.3) is 0 Å². The first-order valence-corrected chi connectivity index (χ1v) is 6.32. The van der Waals surface area contributed by atoms with Gasteiger partial charge in [-0.2, -0.15) is 5.26 Å². The number of hydrogen-bond donors (Lipinski definition) is 1. The third-order valence-electron chi connectivity index (χ3n) is 2.82. The minimum Gasteiger partial charge on any atom is -0.487 e. The van der Waals surface area contributed by atoms with Crippen molar-refractivity contribution < 1.29 is 9.13 Å². The van der Waals surface area contributed by atoms with Gasteiger partial charge in [-0.1, -0.05) is 23.7 Å². The maximum Gasteiger partial charge on any atom is 0.142 e. The highest BCUT2D eigenvalue weighted by molar-refractivity contribution is 6.32. The molecule has 0 aliphatic heterocycles. The van der Waals surface area contributed by atoms with Crippen LogP contribution >= 0.6 is 11.6 Å². The van der Waals surface area contributed by atoms with Gasteiger partial charge in [-0.15, -0.1) is 0 Å². The summed E-state index contributed by atoms with van der Waals surface area (Å²) in [5.41, 5.74) is 7.03. The van der Waals surface area contributed by atoms with Crippen LogP contribution in [0.1, 0.15) is 16.7 Å². The molecule has 0 spiro atoms. The fourth-order valence-electron chi connectivity index (χ4n) is 1.78. The van der Waals surface area contributed by atoms with Crippen LogP contribution in [0.5, 0.6) is 5.75 Å². The molecule has 0 bridgehead atoms. The van der Waals surface area contributed by atoms with Crippen LogP contribution in [0, 0.1) is 17.1 Å². The SMILES string of the molecule is N#Cc1ccc(F)c(COc2c(Cl)cccc2CN)c1. The summed E-state index contributed by atoms with van der Waals surface area (Å²) in [6.07, 6.45) is 0. The van der Waals surface area contributed by atoms with Gasteiger partial charge >= 0.3 is 0 Å². The predicted octanol–water partition coefficient (Wildman–Crippen LogP) is 3.39. The Balaban J connectivity index is 2.23. The lowest BCUT2D eigenvalue weighted by molar-refractivity contribution is 0.297. The van der Waals surface area contributed by atoms with E-state index in [1.165, 1.54) is 18.2 Å². The lowest BCUT2D eigenvalue weighted by Gasteiger charge is -2.12. The number of halogens is 2. The van der Waals surface area contributed by atoms with Gasteiger partial charge in [-0.05, 0) is 24.3 Å². The average Bonchev–Trinajstić information content (AvgIpc) is 2.47. The zero-order valence-electron chi connectivity index (χ0n) is 10.6. The van der Waals surface area contributed by atoms with Crippen LogP contribution in [0.2, 0.25) is 5.02 Å². The number of hydrogen-bond acceptors (Lipinski definition) is 3. The van der Waals surface area contributed by atoms with Gasteiger partial charge < -0.3 is 10.5 Å². The molecule has 0 atom stereocenters. The van der Waals surface area contributed by atoms with E-state index in [0.29, 0.717) is 21.9 Å². The van der Waals surface area contributed by atoms with Gasteiger partial charge in [0.1, 0.15) is 18.2 Å². The van der Waals surface area contributed by atoms with Crippen molar-refractivity contribution >= 4 is 11.6 Å². The molecule has 0 aliphatic carbocycles. The van der Waals surface area contributed by atoms with E-state index >= 15 is 0 Å². The molecule has 20 heavy (non-hydrogen) atoms. The van der Waals surface area contributed by atoms with Crippen molar-refractivity contribution in [1.82, 2.24) is 0 Å². The fourth-order valence-corrected chi connectivity index (χ4v) is 2.03. The summed E-state index contributed by atoms with van der Waals surface area (Å²) < 4.78 is 19.2. The molecule has 0 amide bonds. The average molecular weight is 291 g/mol. The predicted molar refractivity (Wildman–Crippen MR) is 74.8 cm³/mol. The molecule has 2 rings (SSSR count). The first kappa shape index (κ1) is 14.3. The summed E-state index contributed by atoms with van der Waals surface area (Å²) in [6, 6.07) is 11.3. The van der Waals surface area contributed by atoms with E-state index < -0.39 is 5.82 Å². The molecule has 0 radical (unpaired) electrons. The van der Waals surface area contributed by atoms with Crippen molar-refractivity contribution in [3.63, 3.8) is 0 Å². The minimum atomic E-state index is -0.426. The van der Waals surface area contributed by atoms with Gasteiger partial charge in [0.2, 0.25) is 0 Å². The summed E-state index contributed by atoms with van der Waals surface area (Å²) in [7, 11) is 0. The molecule has 2 aromatic rings. The number of ether oxygens (including phenoxy) is 1. The van der Waals surface area contributed by atoms with E-state index in [9.17, 15) is 4.39 Å². The maximum absolute atomic E-state index is 13.6. The Morgan fingerprint density at radius 2 is 2.05 bits per heavy atom. The Morgan fingerprint density at radius 1 is 1.25 bits per heavy atom. The second-order valence-electron chi connectivity index (χ2n) is 4.14. The van der Waals surface area contributed by atoms with Crippen molar-refractivity contribution in [2.24, 2.45) is 5.73 Å². The number of nitrogens with two attached hydrogens (primary N) is 1. The fraction of sp³-hybridized carbons (Fsp3) is 0.133. The highest BCUT2D eigenvalue weighted by atomic mass is 35.5. The molecule has 102 valence electrons. The van der Waals surface area contributed by atoms with Gasteiger partial charge in [0.05, 0.1) is 16.7 Å². The lowest BCUT2D eigenvalue weighted by atomic mass is 10.1. The van der Waals surface area contributed by atoms with Crippen LogP contribution in [0.15, 0.2) is 36.4 Å². The van der Waals surface area contributed by atoms with Gasteiger partial charge in [0, 0.05) is 17.7 Å². The molecule has 0 fully saturated rings. The van der Waals surface area contributed by atoms with Crippen LogP contribution in [0.3, 0.4) is 0 Å². The van der Waals surface area contributed by atoms with Crippen molar-refractivity contribution in [2.45, 2.75) is 13.2 Å². The quantitative estimate of drug-likeness (QED) is 0.939. The van der Waals surface area contributed by atoms with E-state index in [-0.39, 0.29) is 13.2 Å². The van der Waals surface area contributed by atoms with Crippen molar-refractivity contribution in [3.05, 3.63) is 63.9 Å². The molecule has 0 unspecified atom stereocenters. The highest BCUT2D eigenvalue weighted by Crippen LogP contribution is 2.29. The second-order valence-corrected chi connectivity index (χ2v) is 4.55. The molecule has 3 nitrogen and oxygen atoms in total. The summed E-state index contributed by atoms with van der Waals surface area (Å²) >= 11 is 6.05. The zero-order chi connectivity index (χ0) is 14.5. The summed E-state index contributed by atoms with van der Waals surface area (Å²) in [5.74, 6) is 0.0174. The third kappa shape index (κ3) is 3.08. The topological polar surface area (TPSA) is 59.0 Å². The third-order valence-corrected chi connectivity index (χ3v) is 3.11. The second kappa shape index (κ2) is 6.38. The normalized spacial score (nSPS) is 10.1. The Hall–Kier alpha value is -2.09. The Labute approximate surface area is 121 Å². The van der Waals surface area contributed by atoms with Crippen LogP contribution < -0.4 is 10.5 Å². The number of rotatable bonds is 4. The Bertz CT molecular complexity index is 667. The molecule has 0 saturated heterocycles. The molecule has 0 aliphatic rings. The smallest absolute Gasteiger partial charge is 0.142 e. The zero-order valence-corrected chi connectivity index (χ0v) is 11.3. The van der Waals surface area contributed by atoms with Crippen molar-refractivity contribution in [3.8, 4) is 11.8 Å². The number of benzene rings is 2. The first-order chi connectivity index (χ1) is 9.65. The Morgan fingerprint density at radius 3 is 2.75 bits per heavy atom. The standard InChI is InChI=1S/C15H12ClFN2O/c16-13-3-1-2-11(8-19)15(13)20-9-12-6-10(7-18)4-5-14(12)17/h1-6H,8-9,19H2. The van der Waals surface area contributed by atoms with Gasteiger partial charge in [-0.25, -0.2) is 4.39 Å². The first-order valence-electron chi connectivity index (χ1n) is 5.94. The summed E-state index contributed by atoms with van der Waals surface area (Å²) in [6.45, 7) is 0.259. The number of nitriles is 1. The van der Waals surface area contributed by atoms with Gasteiger partial charge in [-0.3, -0.25) is 0 Å². The van der Waals surface area contributed by atoms with Crippen molar-refractivity contribution in [1.29, 1.82) is 5.26 Å². The monoisotopic (exact) mass is 290 g/mol. The molecular formula is C15H12ClFN2O. The minimum absolute atomic E-state index is 0.0158. The molecule has 0 aromatic heterocycles. The Kier molecular flexibility index (Phi) is 4.57. The molecule has 2 aromatic carbocycles. The number of para-hydroxylation sites is 1.